The summed E-state index contributed by atoms with van der Waals surface area (Å²) in [5.74, 6) is -0.562. The third-order valence-electron chi connectivity index (χ3n) is 2.51. The van der Waals surface area contributed by atoms with Gasteiger partial charge in [-0.2, -0.15) is 4.39 Å². The number of hydrogen-bond donors (Lipinski definition) is 2. The van der Waals surface area contributed by atoms with E-state index in [-0.39, 0.29) is 18.3 Å². The van der Waals surface area contributed by atoms with E-state index < -0.39 is 16.4 Å². The predicted octanol–water partition coefficient (Wildman–Crippen LogP) is 2.55. The Morgan fingerprint density at radius 3 is 2.67 bits per heavy atom. The molecule has 2 N–H and O–H groups in total. The van der Waals surface area contributed by atoms with Gasteiger partial charge in [0.25, 0.3) is 0 Å². The van der Waals surface area contributed by atoms with Gasteiger partial charge in [-0.25, -0.2) is 0 Å². The fourth-order valence-corrected chi connectivity index (χ4v) is 1.79. The molecule has 1 aromatic carbocycles. The van der Waals surface area contributed by atoms with Gasteiger partial charge in [0.05, 0.1) is 11.5 Å². The maximum atomic E-state index is 13.4. The van der Waals surface area contributed by atoms with Crippen LogP contribution >= 0.6 is 0 Å². The number of para-hydroxylation sites is 1. The molecule has 1 unspecified atom stereocenters. The molecule has 5 nitrogen and oxygen atoms in total. The summed E-state index contributed by atoms with van der Waals surface area (Å²) in [5, 5.41) is 22.8. The molecule has 100 valence electrons. The Balaban J connectivity index is 2.95. The largest absolute Gasteiger partial charge is 0.394 e. The van der Waals surface area contributed by atoms with Crippen LogP contribution in [0.4, 0.5) is 15.8 Å². The number of benzene rings is 1. The normalized spacial score (nSPS) is 12.5. The van der Waals surface area contributed by atoms with E-state index in [1.165, 1.54) is 12.1 Å². The van der Waals surface area contributed by atoms with E-state index in [4.69, 9.17) is 0 Å². The number of nitro benzene ring substituents is 1. The maximum Gasteiger partial charge on any atom is 0.327 e. The highest BCUT2D eigenvalue weighted by Gasteiger charge is 2.21. The van der Waals surface area contributed by atoms with Crippen LogP contribution in [0, 0.1) is 21.8 Å². The van der Waals surface area contributed by atoms with E-state index in [1.807, 2.05) is 13.8 Å². The van der Waals surface area contributed by atoms with E-state index in [9.17, 15) is 19.6 Å². The molecule has 0 saturated heterocycles. The average Bonchev–Trinajstić information content (AvgIpc) is 2.27. The molecule has 0 bridgehead atoms. The van der Waals surface area contributed by atoms with Crippen LogP contribution in [-0.4, -0.2) is 22.7 Å². The minimum Gasteiger partial charge on any atom is -0.394 e. The van der Waals surface area contributed by atoms with Crippen LogP contribution < -0.4 is 5.32 Å². The SMILES string of the molecule is CC(C)CC(CO)Nc1cccc(F)c1[N+](=O)[O-]. The van der Waals surface area contributed by atoms with Crippen molar-refractivity contribution in [1.82, 2.24) is 0 Å². The lowest BCUT2D eigenvalue weighted by atomic mass is 10.0. The topological polar surface area (TPSA) is 75.4 Å². The summed E-state index contributed by atoms with van der Waals surface area (Å²) in [6.07, 6.45) is 0.643. The zero-order chi connectivity index (χ0) is 13.7. The Hall–Kier alpha value is -1.69. The zero-order valence-electron chi connectivity index (χ0n) is 10.4. The van der Waals surface area contributed by atoms with Crippen LogP contribution in [0.15, 0.2) is 18.2 Å². The number of aliphatic hydroxyl groups excluding tert-OH is 1. The molecular formula is C12H17FN2O3. The molecule has 0 heterocycles. The summed E-state index contributed by atoms with van der Waals surface area (Å²) < 4.78 is 13.4. The maximum absolute atomic E-state index is 13.4. The summed E-state index contributed by atoms with van der Waals surface area (Å²) in [6, 6.07) is 3.55. The van der Waals surface area contributed by atoms with E-state index in [0.717, 1.165) is 6.07 Å². The van der Waals surface area contributed by atoms with Gasteiger partial charge in [-0.05, 0) is 24.5 Å². The van der Waals surface area contributed by atoms with Crippen LogP contribution in [0.5, 0.6) is 0 Å². The Bertz CT molecular complexity index is 424. The van der Waals surface area contributed by atoms with E-state index in [1.54, 1.807) is 0 Å². The van der Waals surface area contributed by atoms with Gasteiger partial charge in [0.2, 0.25) is 5.82 Å². The second-order valence-electron chi connectivity index (χ2n) is 4.55. The fraction of sp³-hybridized carbons (Fsp3) is 0.500. The molecule has 0 spiro atoms. The third-order valence-corrected chi connectivity index (χ3v) is 2.51. The van der Waals surface area contributed by atoms with Crippen LogP contribution in [0.1, 0.15) is 20.3 Å². The van der Waals surface area contributed by atoms with Crippen molar-refractivity contribution in [3.63, 3.8) is 0 Å². The molecule has 0 aliphatic heterocycles. The Morgan fingerprint density at radius 1 is 1.50 bits per heavy atom. The van der Waals surface area contributed by atoms with Gasteiger partial charge in [-0.1, -0.05) is 19.9 Å². The molecule has 18 heavy (non-hydrogen) atoms. The molecule has 0 amide bonds. The number of halogens is 1. The van der Waals surface area contributed by atoms with Gasteiger partial charge in [0.1, 0.15) is 5.69 Å². The van der Waals surface area contributed by atoms with Crippen LogP contribution in [0.2, 0.25) is 0 Å². The second-order valence-corrected chi connectivity index (χ2v) is 4.55. The molecule has 0 aliphatic rings. The number of hydrogen-bond acceptors (Lipinski definition) is 4. The highest BCUT2D eigenvalue weighted by Crippen LogP contribution is 2.28. The quantitative estimate of drug-likeness (QED) is 0.606. The van der Waals surface area contributed by atoms with Crippen molar-refractivity contribution in [2.45, 2.75) is 26.3 Å². The summed E-state index contributed by atoms with van der Waals surface area (Å²) >= 11 is 0. The van der Waals surface area contributed by atoms with Crippen LogP contribution in [-0.2, 0) is 0 Å². The first kappa shape index (κ1) is 14.4. The van der Waals surface area contributed by atoms with Gasteiger partial charge in [0.15, 0.2) is 0 Å². The Kier molecular flexibility index (Phi) is 5.03. The first-order valence-corrected chi connectivity index (χ1v) is 5.76. The molecule has 0 fully saturated rings. The Morgan fingerprint density at radius 2 is 2.17 bits per heavy atom. The summed E-state index contributed by atoms with van der Waals surface area (Å²) in [6.45, 7) is 3.79. The summed E-state index contributed by atoms with van der Waals surface area (Å²) in [5.41, 5.74) is -0.487. The fourth-order valence-electron chi connectivity index (χ4n) is 1.79. The average molecular weight is 256 g/mol. The van der Waals surface area contributed by atoms with Gasteiger partial charge in [0, 0.05) is 6.04 Å². The lowest BCUT2D eigenvalue weighted by Crippen LogP contribution is -2.26. The zero-order valence-corrected chi connectivity index (χ0v) is 10.4. The molecular weight excluding hydrogens is 239 g/mol. The number of nitro groups is 1. The van der Waals surface area contributed by atoms with Gasteiger partial charge in [-0.15, -0.1) is 0 Å². The molecule has 1 aromatic rings. The number of rotatable bonds is 6. The first-order valence-electron chi connectivity index (χ1n) is 5.76. The standard InChI is InChI=1S/C12H17FN2O3/c1-8(2)6-9(7-16)14-11-5-3-4-10(13)12(11)15(17)18/h3-5,8-9,14,16H,6-7H2,1-2H3. The van der Waals surface area contributed by atoms with Crippen molar-refractivity contribution >= 4 is 11.4 Å². The Labute approximate surface area is 105 Å². The van der Waals surface area contributed by atoms with Crippen molar-refractivity contribution in [3.8, 4) is 0 Å². The third kappa shape index (κ3) is 3.66. The summed E-state index contributed by atoms with van der Waals surface area (Å²) in [4.78, 5) is 10.0. The van der Waals surface area contributed by atoms with Gasteiger partial charge in [-0.3, -0.25) is 10.1 Å². The number of aliphatic hydroxyl groups is 1. The van der Waals surface area contributed by atoms with Crippen molar-refractivity contribution in [2.75, 3.05) is 11.9 Å². The smallest absolute Gasteiger partial charge is 0.327 e. The molecule has 0 radical (unpaired) electrons. The van der Waals surface area contributed by atoms with Crippen molar-refractivity contribution in [2.24, 2.45) is 5.92 Å². The highest BCUT2D eigenvalue weighted by atomic mass is 19.1. The molecule has 0 aromatic heterocycles. The highest BCUT2D eigenvalue weighted by molar-refractivity contribution is 5.62. The lowest BCUT2D eigenvalue weighted by molar-refractivity contribution is -0.386. The van der Waals surface area contributed by atoms with E-state index in [2.05, 4.69) is 5.32 Å². The van der Waals surface area contributed by atoms with E-state index >= 15 is 0 Å². The van der Waals surface area contributed by atoms with Crippen molar-refractivity contribution in [1.29, 1.82) is 0 Å². The predicted molar refractivity (Wildman–Crippen MR) is 67.0 cm³/mol. The number of nitrogens with one attached hydrogen (secondary N) is 1. The van der Waals surface area contributed by atoms with Crippen molar-refractivity contribution in [3.05, 3.63) is 34.1 Å². The van der Waals surface area contributed by atoms with Gasteiger partial charge < -0.3 is 10.4 Å². The first-order chi connectivity index (χ1) is 8.45. The molecule has 0 saturated carbocycles. The monoisotopic (exact) mass is 256 g/mol. The molecule has 1 atom stereocenters. The second kappa shape index (κ2) is 6.30. The summed E-state index contributed by atoms with van der Waals surface area (Å²) in [7, 11) is 0. The van der Waals surface area contributed by atoms with Gasteiger partial charge >= 0.3 is 5.69 Å². The number of anilines is 1. The van der Waals surface area contributed by atoms with Crippen molar-refractivity contribution < 1.29 is 14.4 Å². The van der Waals surface area contributed by atoms with Crippen LogP contribution in [0.25, 0.3) is 0 Å². The molecule has 6 heteroatoms. The minimum atomic E-state index is -0.883. The van der Waals surface area contributed by atoms with Crippen LogP contribution in [0.3, 0.4) is 0 Å². The molecule has 0 aliphatic carbocycles. The molecule has 1 rings (SSSR count). The lowest BCUT2D eigenvalue weighted by Gasteiger charge is -2.19. The number of nitrogens with zero attached hydrogens (tertiary/aromatic N) is 1. The van der Waals surface area contributed by atoms with E-state index in [0.29, 0.717) is 12.3 Å². The minimum absolute atomic E-state index is 0.0969.